The number of ether oxygens (including phenoxy) is 1. The maximum Gasteiger partial charge on any atom is 0.126 e. The van der Waals surface area contributed by atoms with Gasteiger partial charge in [-0.1, -0.05) is 19.1 Å². The third-order valence-corrected chi connectivity index (χ3v) is 2.08. The lowest BCUT2D eigenvalue weighted by molar-refractivity contribution is 0.317. The molecule has 0 saturated carbocycles. The van der Waals surface area contributed by atoms with Crippen LogP contribution in [0.1, 0.15) is 25.8 Å². The number of nitrogens with zero attached hydrogens (tertiary/aromatic N) is 1. The number of benzene rings is 1. The van der Waals surface area contributed by atoms with Gasteiger partial charge >= 0.3 is 0 Å². The van der Waals surface area contributed by atoms with Crippen molar-refractivity contribution >= 4 is 11.7 Å². The fraction of sp³-hybridized carbons (Fsp3) is 0.385. The van der Waals surface area contributed by atoms with Crippen LogP contribution in [0.3, 0.4) is 0 Å². The van der Waals surface area contributed by atoms with Gasteiger partial charge in [0.2, 0.25) is 0 Å². The van der Waals surface area contributed by atoms with Crippen molar-refractivity contribution in [2.24, 2.45) is 10.7 Å². The van der Waals surface area contributed by atoms with Crippen LogP contribution in [0.5, 0.6) is 5.75 Å². The Labute approximate surface area is 102 Å². The van der Waals surface area contributed by atoms with Crippen LogP contribution in [-0.4, -0.2) is 18.3 Å². The molecular weight excluding hydrogens is 214 g/mol. The summed E-state index contributed by atoms with van der Waals surface area (Å²) in [5, 5.41) is 7.62. The van der Waals surface area contributed by atoms with E-state index in [1.807, 2.05) is 24.3 Å². The highest BCUT2D eigenvalue weighted by Gasteiger charge is 1.99. The molecule has 1 aromatic rings. The maximum atomic E-state index is 7.62. The Kier molecular flexibility index (Phi) is 5.20. The summed E-state index contributed by atoms with van der Waals surface area (Å²) in [6.07, 6.45) is 1.49. The molecule has 1 aromatic carbocycles. The molecular formula is C13H19N3O. The summed E-state index contributed by atoms with van der Waals surface area (Å²) in [4.78, 5) is 3.89. The van der Waals surface area contributed by atoms with Crippen molar-refractivity contribution in [3.8, 4) is 5.75 Å². The van der Waals surface area contributed by atoms with Gasteiger partial charge in [-0.3, -0.25) is 5.41 Å². The zero-order valence-electron chi connectivity index (χ0n) is 10.4. The number of hydrogen-bond acceptors (Lipinski definition) is 2. The van der Waals surface area contributed by atoms with Crippen LogP contribution in [0.4, 0.5) is 0 Å². The molecule has 92 valence electrons. The number of hydrogen-bond donors (Lipinski definition) is 2. The fourth-order valence-electron chi connectivity index (χ4n) is 1.37. The Morgan fingerprint density at radius 2 is 2.00 bits per heavy atom. The molecule has 0 spiro atoms. The smallest absolute Gasteiger partial charge is 0.126 e. The van der Waals surface area contributed by atoms with E-state index in [0.29, 0.717) is 12.3 Å². The minimum atomic E-state index is 0.271. The summed E-state index contributed by atoms with van der Waals surface area (Å²) in [6.45, 7) is 4.48. The Balaban J connectivity index is 2.56. The van der Waals surface area contributed by atoms with Gasteiger partial charge in [0.15, 0.2) is 0 Å². The van der Waals surface area contributed by atoms with E-state index in [1.54, 1.807) is 6.92 Å². The predicted molar refractivity (Wildman–Crippen MR) is 71.0 cm³/mol. The van der Waals surface area contributed by atoms with E-state index >= 15 is 0 Å². The van der Waals surface area contributed by atoms with Crippen LogP contribution < -0.4 is 10.5 Å². The Morgan fingerprint density at radius 3 is 2.53 bits per heavy atom. The van der Waals surface area contributed by atoms with E-state index in [9.17, 15) is 0 Å². The monoisotopic (exact) mass is 233 g/mol. The Bertz CT molecular complexity index is 392. The molecule has 0 bridgehead atoms. The SMILES string of the molecule is CCCOc1ccc(CC(=N)N=C(C)N)cc1. The molecule has 4 heteroatoms. The summed E-state index contributed by atoms with van der Waals surface area (Å²) in [6, 6.07) is 7.72. The van der Waals surface area contributed by atoms with Crippen molar-refractivity contribution in [3.05, 3.63) is 29.8 Å². The van der Waals surface area contributed by atoms with E-state index in [1.165, 1.54) is 0 Å². The summed E-state index contributed by atoms with van der Waals surface area (Å²) >= 11 is 0. The highest BCUT2D eigenvalue weighted by molar-refractivity contribution is 5.94. The zero-order chi connectivity index (χ0) is 12.7. The standard InChI is InChI=1S/C13H19N3O/c1-3-8-17-12-6-4-11(5-7-12)9-13(15)16-10(2)14/h4-7H,3,8-9H2,1-2H3,(H3,14,15,16). The normalized spacial score (nSPS) is 11.3. The quantitative estimate of drug-likeness (QED) is 0.605. The lowest BCUT2D eigenvalue weighted by Crippen LogP contribution is -2.10. The summed E-state index contributed by atoms with van der Waals surface area (Å²) in [5.41, 5.74) is 6.45. The first-order chi connectivity index (χ1) is 8.11. The number of amidine groups is 2. The molecule has 17 heavy (non-hydrogen) atoms. The molecule has 0 radical (unpaired) electrons. The lowest BCUT2D eigenvalue weighted by atomic mass is 10.1. The van der Waals surface area contributed by atoms with Gasteiger partial charge in [0.1, 0.15) is 11.6 Å². The molecule has 3 N–H and O–H groups in total. The highest BCUT2D eigenvalue weighted by atomic mass is 16.5. The van der Waals surface area contributed by atoms with Crippen LogP contribution in [0, 0.1) is 5.41 Å². The third kappa shape index (κ3) is 5.15. The molecule has 0 amide bonds. The minimum Gasteiger partial charge on any atom is -0.494 e. The summed E-state index contributed by atoms with van der Waals surface area (Å²) in [5.74, 6) is 1.55. The van der Waals surface area contributed by atoms with Crippen LogP contribution in [0.25, 0.3) is 0 Å². The number of aliphatic imine (C=N–C) groups is 1. The van der Waals surface area contributed by atoms with Gasteiger partial charge in [0.05, 0.1) is 12.4 Å². The van der Waals surface area contributed by atoms with Gasteiger partial charge in [-0.15, -0.1) is 0 Å². The number of rotatable bonds is 5. The predicted octanol–water partition coefficient (Wildman–Crippen LogP) is 2.37. The molecule has 1 rings (SSSR count). The second kappa shape index (κ2) is 6.68. The molecule has 0 heterocycles. The third-order valence-electron chi connectivity index (χ3n) is 2.08. The van der Waals surface area contributed by atoms with Gasteiger partial charge in [-0.25, -0.2) is 4.99 Å². The lowest BCUT2D eigenvalue weighted by Gasteiger charge is -2.05. The molecule has 0 saturated heterocycles. The summed E-state index contributed by atoms with van der Waals surface area (Å²) in [7, 11) is 0. The highest BCUT2D eigenvalue weighted by Crippen LogP contribution is 2.13. The largest absolute Gasteiger partial charge is 0.494 e. The Hall–Kier alpha value is -1.84. The molecule has 0 aliphatic rings. The van der Waals surface area contributed by atoms with Gasteiger partial charge in [-0.2, -0.15) is 0 Å². The zero-order valence-corrected chi connectivity index (χ0v) is 10.4. The topological polar surface area (TPSA) is 71.5 Å². The van der Waals surface area contributed by atoms with Gasteiger partial charge in [-0.05, 0) is 31.0 Å². The Morgan fingerprint density at radius 1 is 1.35 bits per heavy atom. The minimum absolute atomic E-state index is 0.271. The van der Waals surface area contributed by atoms with Gasteiger partial charge in [0.25, 0.3) is 0 Å². The number of nitrogens with two attached hydrogens (primary N) is 1. The summed E-state index contributed by atoms with van der Waals surface area (Å²) < 4.78 is 5.48. The molecule has 0 aromatic heterocycles. The first-order valence-corrected chi connectivity index (χ1v) is 5.71. The van der Waals surface area contributed by atoms with E-state index in [2.05, 4.69) is 11.9 Å². The number of nitrogens with one attached hydrogen (secondary N) is 1. The van der Waals surface area contributed by atoms with Crippen molar-refractivity contribution in [2.75, 3.05) is 6.61 Å². The maximum absolute atomic E-state index is 7.62. The van der Waals surface area contributed by atoms with E-state index < -0.39 is 0 Å². The van der Waals surface area contributed by atoms with E-state index in [4.69, 9.17) is 15.9 Å². The van der Waals surface area contributed by atoms with Crippen molar-refractivity contribution in [1.29, 1.82) is 5.41 Å². The average Bonchev–Trinajstić information content (AvgIpc) is 2.27. The van der Waals surface area contributed by atoms with Crippen molar-refractivity contribution in [3.63, 3.8) is 0 Å². The van der Waals surface area contributed by atoms with Crippen LogP contribution in [0.15, 0.2) is 29.3 Å². The molecule has 0 aliphatic carbocycles. The first-order valence-electron chi connectivity index (χ1n) is 5.71. The van der Waals surface area contributed by atoms with Crippen molar-refractivity contribution in [2.45, 2.75) is 26.7 Å². The van der Waals surface area contributed by atoms with Crippen LogP contribution in [0.2, 0.25) is 0 Å². The van der Waals surface area contributed by atoms with Crippen molar-refractivity contribution in [1.82, 2.24) is 0 Å². The molecule has 0 atom stereocenters. The first kappa shape index (κ1) is 13.2. The van der Waals surface area contributed by atoms with Crippen LogP contribution in [-0.2, 0) is 6.42 Å². The van der Waals surface area contributed by atoms with Gasteiger partial charge < -0.3 is 10.5 Å². The average molecular weight is 233 g/mol. The second-order valence-electron chi connectivity index (χ2n) is 3.87. The van der Waals surface area contributed by atoms with Crippen molar-refractivity contribution < 1.29 is 4.74 Å². The van der Waals surface area contributed by atoms with Gasteiger partial charge in [0, 0.05) is 6.42 Å². The second-order valence-corrected chi connectivity index (χ2v) is 3.87. The molecule has 0 unspecified atom stereocenters. The molecule has 0 fully saturated rings. The van der Waals surface area contributed by atoms with Crippen LogP contribution >= 0.6 is 0 Å². The molecule has 0 aliphatic heterocycles. The van der Waals surface area contributed by atoms with E-state index in [-0.39, 0.29) is 5.84 Å². The fourth-order valence-corrected chi connectivity index (χ4v) is 1.37. The molecule has 4 nitrogen and oxygen atoms in total. The van der Waals surface area contributed by atoms with E-state index in [0.717, 1.165) is 24.3 Å².